The van der Waals surface area contributed by atoms with E-state index in [1.54, 1.807) is 6.07 Å². The first kappa shape index (κ1) is 11.6. The van der Waals surface area contributed by atoms with Crippen LogP contribution >= 0.6 is 46.4 Å². The van der Waals surface area contributed by atoms with Gasteiger partial charge in [-0.05, 0) is 0 Å². The molecule has 0 aliphatic heterocycles. The Morgan fingerprint density at radius 1 is 1.00 bits per heavy atom. The fourth-order valence-electron chi connectivity index (χ4n) is 0.853. The Hall–Kier alpha value is -0.460. The van der Waals surface area contributed by atoms with E-state index in [-0.39, 0.29) is 31.2 Å². The van der Waals surface area contributed by atoms with Crippen LogP contribution in [0.1, 0.15) is 15.9 Å². The van der Waals surface area contributed by atoms with Gasteiger partial charge in [0, 0.05) is 0 Å². The molecule has 0 heterocycles. The smallest absolute Gasteiger partial charge is 0.153 e. The molecule has 0 aromatic heterocycles. The lowest BCUT2D eigenvalue weighted by molar-refractivity contribution is 0.112. The van der Waals surface area contributed by atoms with Crippen molar-refractivity contribution < 1.29 is 4.79 Å². The van der Waals surface area contributed by atoms with Gasteiger partial charge in [-0.2, -0.15) is 5.26 Å². The summed E-state index contributed by atoms with van der Waals surface area (Å²) in [5, 5.41) is 8.48. The van der Waals surface area contributed by atoms with Crippen molar-refractivity contribution in [2.45, 2.75) is 0 Å². The van der Waals surface area contributed by atoms with E-state index in [2.05, 4.69) is 0 Å². The van der Waals surface area contributed by atoms with E-state index < -0.39 is 0 Å². The first-order chi connectivity index (χ1) is 6.54. The molecule has 6 heteroatoms. The summed E-state index contributed by atoms with van der Waals surface area (Å²) < 4.78 is 0. The van der Waals surface area contributed by atoms with Crippen LogP contribution in [0.15, 0.2) is 0 Å². The minimum atomic E-state index is -0.0816. The third kappa shape index (κ3) is 1.69. The van der Waals surface area contributed by atoms with Crippen LogP contribution in [-0.4, -0.2) is 6.29 Å². The molecule has 0 aliphatic rings. The van der Waals surface area contributed by atoms with Gasteiger partial charge in [-0.15, -0.1) is 0 Å². The Morgan fingerprint density at radius 2 is 1.57 bits per heavy atom. The van der Waals surface area contributed by atoms with Gasteiger partial charge in [0.1, 0.15) is 6.07 Å². The van der Waals surface area contributed by atoms with E-state index in [0.717, 1.165) is 0 Å². The second-order valence-electron chi connectivity index (χ2n) is 2.27. The third-order valence-electron chi connectivity index (χ3n) is 1.53. The van der Waals surface area contributed by atoms with Gasteiger partial charge in [-0.3, -0.25) is 4.79 Å². The van der Waals surface area contributed by atoms with Crippen molar-refractivity contribution in [2.75, 3.05) is 0 Å². The molecule has 0 bridgehead atoms. The van der Waals surface area contributed by atoms with Gasteiger partial charge in [-0.1, -0.05) is 46.4 Å². The molecule has 0 fully saturated rings. The number of halogens is 4. The van der Waals surface area contributed by atoms with Gasteiger partial charge < -0.3 is 0 Å². The molecular weight excluding hydrogens is 268 g/mol. The lowest BCUT2D eigenvalue weighted by atomic mass is 10.1. The summed E-state index contributed by atoms with van der Waals surface area (Å²) in [5.74, 6) is 0. The summed E-state index contributed by atoms with van der Waals surface area (Å²) in [6, 6.07) is 1.74. The molecule has 0 saturated carbocycles. The van der Waals surface area contributed by atoms with Crippen molar-refractivity contribution in [1.29, 1.82) is 5.26 Å². The summed E-state index contributed by atoms with van der Waals surface area (Å²) >= 11 is 22.8. The van der Waals surface area contributed by atoms with Crippen LogP contribution in [0.5, 0.6) is 0 Å². The number of carbonyl (C=O) groups excluding carboxylic acids is 1. The SMILES string of the molecule is N#Cc1c(Cl)c(Cl)c(Cl)c(C=O)c1Cl. The Balaban J connectivity index is 3.75. The zero-order chi connectivity index (χ0) is 10.9. The van der Waals surface area contributed by atoms with E-state index >= 15 is 0 Å². The number of carbonyl (C=O) groups is 1. The zero-order valence-electron chi connectivity index (χ0n) is 6.44. The van der Waals surface area contributed by atoms with Gasteiger partial charge in [0.15, 0.2) is 6.29 Å². The first-order valence-electron chi connectivity index (χ1n) is 3.25. The number of rotatable bonds is 1. The average molecular weight is 269 g/mol. The molecule has 14 heavy (non-hydrogen) atoms. The van der Waals surface area contributed by atoms with Gasteiger partial charge in [-0.25, -0.2) is 0 Å². The van der Waals surface area contributed by atoms with Gasteiger partial charge in [0.25, 0.3) is 0 Å². The lowest BCUT2D eigenvalue weighted by Gasteiger charge is -2.06. The summed E-state index contributed by atoms with van der Waals surface area (Å²) in [6.45, 7) is 0. The number of nitriles is 1. The Kier molecular flexibility index (Phi) is 3.63. The minimum Gasteiger partial charge on any atom is -0.298 e. The minimum absolute atomic E-state index is 0.0284. The molecule has 0 N–H and O–H groups in total. The molecule has 0 saturated heterocycles. The van der Waals surface area contributed by atoms with Crippen LogP contribution in [-0.2, 0) is 0 Å². The van der Waals surface area contributed by atoms with Crippen molar-refractivity contribution in [3.05, 3.63) is 31.2 Å². The Bertz CT molecular complexity index is 450. The summed E-state index contributed by atoms with van der Waals surface area (Å²) in [5.41, 5.74) is -0.0795. The predicted molar refractivity (Wildman–Crippen MR) is 56.6 cm³/mol. The van der Waals surface area contributed by atoms with Crippen molar-refractivity contribution in [2.24, 2.45) is 0 Å². The highest BCUT2D eigenvalue weighted by molar-refractivity contribution is 6.51. The van der Waals surface area contributed by atoms with Gasteiger partial charge in [0.2, 0.25) is 0 Å². The Labute approximate surface area is 99.9 Å². The molecule has 0 radical (unpaired) electrons. The third-order valence-corrected chi connectivity index (χ3v) is 3.26. The second kappa shape index (κ2) is 4.37. The topological polar surface area (TPSA) is 40.9 Å². The van der Waals surface area contributed by atoms with E-state index in [4.69, 9.17) is 51.7 Å². The molecule has 1 aromatic rings. The number of benzene rings is 1. The summed E-state index contributed by atoms with van der Waals surface area (Å²) in [6.07, 6.45) is 0.424. The highest BCUT2D eigenvalue weighted by Gasteiger charge is 2.19. The van der Waals surface area contributed by atoms with Crippen LogP contribution < -0.4 is 0 Å². The molecule has 2 nitrogen and oxygen atoms in total. The number of aldehydes is 1. The largest absolute Gasteiger partial charge is 0.298 e. The van der Waals surface area contributed by atoms with Gasteiger partial charge in [0.05, 0.1) is 31.2 Å². The summed E-state index contributed by atoms with van der Waals surface area (Å²) in [4.78, 5) is 10.6. The molecule has 1 aromatic carbocycles. The fourth-order valence-corrected chi connectivity index (χ4v) is 1.94. The van der Waals surface area contributed by atoms with Crippen molar-refractivity contribution >= 4 is 52.7 Å². The first-order valence-corrected chi connectivity index (χ1v) is 4.77. The highest BCUT2D eigenvalue weighted by atomic mass is 35.5. The predicted octanol–water partition coefficient (Wildman–Crippen LogP) is 3.98. The highest BCUT2D eigenvalue weighted by Crippen LogP contribution is 2.39. The lowest BCUT2D eigenvalue weighted by Crippen LogP contribution is -1.91. The number of nitrogens with zero attached hydrogens (tertiary/aromatic N) is 1. The maximum atomic E-state index is 10.6. The summed E-state index contributed by atoms with van der Waals surface area (Å²) in [7, 11) is 0. The van der Waals surface area contributed by atoms with E-state index in [1.807, 2.05) is 0 Å². The monoisotopic (exact) mass is 267 g/mol. The maximum Gasteiger partial charge on any atom is 0.153 e. The second-order valence-corrected chi connectivity index (χ2v) is 3.79. The van der Waals surface area contributed by atoms with E-state index in [1.165, 1.54) is 0 Å². The molecule has 72 valence electrons. The zero-order valence-corrected chi connectivity index (χ0v) is 9.47. The molecular formula is C8HCl4NO. The van der Waals surface area contributed by atoms with Crippen LogP contribution in [0.25, 0.3) is 0 Å². The molecule has 0 spiro atoms. The Morgan fingerprint density at radius 3 is 2.00 bits per heavy atom. The molecule has 1 rings (SSSR count). The van der Waals surface area contributed by atoms with Crippen LogP contribution in [0.4, 0.5) is 0 Å². The number of hydrogen-bond acceptors (Lipinski definition) is 2. The normalized spacial score (nSPS) is 9.64. The van der Waals surface area contributed by atoms with Crippen molar-refractivity contribution in [3.63, 3.8) is 0 Å². The van der Waals surface area contributed by atoms with E-state index in [9.17, 15) is 4.79 Å². The maximum absolute atomic E-state index is 10.6. The van der Waals surface area contributed by atoms with Crippen LogP contribution in [0.2, 0.25) is 20.1 Å². The fraction of sp³-hybridized carbons (Fsp3) is 0. The van der Waals surface area contributed by atoms with Crippen molar-refractivity contribution in [3.8, 4) is 6.07 Å². The van der Waals surface area contributed by atoms with Crippen LogP contribution in [0, 0.1) is 11.3 Å². The molecule has 0 unspecified atom stereocenters. The van der Waals surface area contributed by atoms with E-state index in [0.29, 0.717) is 6.29 Å². The van der Waals surface area contributed by atoms with Crippen LogP contribution in [0.3, 0.4) is 0 Å². The standard InChI is InChI=1S/C8HCl4NO/c9-5-3(1-13)6(10)8(12)7(11)4(5)2-14/h2H. The average Bonchev–Trinajstić information content (AvgIpc) is 2.16. The molecule has 0 aliphatic carbocycles. The number of hydrogen-bond donors (Lipinski definition) is 0. The van der Waals surface area contributed by atoms with Crippen molar-refractivity contribution in [1.82, 2.24) is 0 Å². The molecule has 0 atom stereocenters. The molecule has 0 amide bonds. The quantitative estimate of drug-likeness (QED) is 0.439. The van der Waals surface area contributed by atoms with Gasteiger partial charge >= 0.3 is 0 Å².